The smallest absolute Gasteiger partial charge is 0.305 e. The molecule has 1 atom stereocenters. The molecule has 0 saturated carbocycles. The summed E-state index contributed by atoms with van der Waals surface area (Å²) >= 11 is 0. The molecule has 0 fully saturated rings. The van der Waals surface area contributed by atoms with Gasteiger partial charge in [-0.1, -0.05) is 31.5 Å². The minimum absolute atomic E-state index is 0.0557. The molecule has 1 amide bonds. The molecule has 1 unspecified atom stereocenters. The number of aliphatic carboxylic acids is 1. The number of aromatic amines is 1. The molecule has 0 spiro atoms. The summed E-state index contributed by atoms with van der Waals surface area (Å²) < 4.78 is 0. The highest BCUT2D eigenvalue weighted by Crippen LogP contribution is 2.15. The first kappa shape index (κ1) is 14.1. The van der Waals surface area contributed by atoms with Crippen molar-refractivity contribution in [2.45, 2.75) is 32.2 Å². The molecule has 0 aliphatic carbocycles. The van der Waals surface area contributed by atoms with Crippen molar-refractivity contribution < 1.29 is 14.7 Å². The fraction of sp³-hybridized carbons (Fsp3) is 0.333. The van der Waals surface area contributed by atoms with Gasteiger partial charge in [-0.3, -0.25) is 9.59 Å². The molecular formula is C15H18N2O3. The van der Waals surface area contributed by atoms with Crippen LogP contribution in [0, 0.1) is 0 Å². The first-order chi connectivity index (χ1) is 9.60. The molecule has 106 valence electrons. The monoisotopic (exact) mass is 274 g/mol. The normalized spacial score (nSPS) is 12.2. The van der Waals surface area contributed by atoms with Crippen molar-refractivity contribution in [3.63, 3.8) is 0 Å². The van der Waals surface area contributed by atoms with E-state index in [9.17, 15) is 9.59 Å². The maximum absolute atomic E-state index is 12.1. The van der Waals surface area contributed by atoms with Crippen LogP contribution in [0.5, 0.6) is 0 Å². The Balaban J connectivity index is 2.11. The molecule has 0 aliphatic rings. The molecule has 5 heteroatoms. The van der Waals surface area contributed by atoms with Crippen LogP contribution in [0.2, 0.25) is 0 Å². The number of carbonyl (C=O) groups is 2. The minimum atomic E-state index is -0.902. The van der Waals surface area contributed by atoms with Crippen LogP contribution in [0.3, 0.4) is 0 Å². The van der Waals surface area contributed by atoms with Crippen molar-refractivity contribution >= 4 is 22.8 Å². The molecule has 1 heterocycles. The zero-order valence-electron chi connectivity index (χ0n) is 11.3. The molecule has 0 aliphatic heterocycles. The van der Waals surface area contributed by atoms with Gasteiger partial charge in [-0.05, 0) is 18.6 Å². The number of carbonyl (C=O) groups excluding carboxylic acids is 1. The molecule has 3 N–H and O–H groups in total. The van der Waals surface area contributed by atoms with E-state index in [-0.39, 0.29) is 18.4 Å². The Kier molecular flexibility index (Phi) is 4.40. The molecule has 0 saturated heterocycles. The SMILES string of the molecule is CCCC(CC(=O)O)NC(=O)c1cc2ccccc2[nH]1. The van der Waals surface area contributed by atoms with Crippen LogP contribution in [-0.4, -0.2) is 28.0 Å². The van der Waals surface area contributed by atoms with E-state index < -0.39 is 5.97 Å². The van der Waals surface area contributed by atoms with E-state index in [0.717, 1.165) is 17.3 Å². The topological polar surface area (TPSA) is 82.2 Å². The van der Waals surface area contributed by atoms with Gasteiger partial charge in [0.15, 0.2) is 0 Å². The first-order valence-electron chi connectivity index (χ1n) is 6.70. The number of aromatic nitrogens is 1. The van der Waals surface area contributed by atoms with Crippen LogP contribution >= 0.6 is 0 Å². The van der Waals surface area contributed by atoms with Crippen molar-refractivity contribution in [1.29, 1.82) is 0 Å². The first-order valence-corrected chi connectivity index (χ1v) is 6.70. The molecule has 0 bridgehead atoms. The number of H-pyrrole nitrogens is 1. The molecule has 1 aromatic heterocycles. The van der Waals surface area contributed by atoms with Gasteiger partial charge < -0.3 is 15.4 Å². The van der Waals surface area contributed by atoms with Gasteiger partial charge in [0.2, 0.25) is 0 Å². The fourth-order valence-electron chi connectivity index (χ4n) is 2.24. The van der Waals surface area contributed by atoms with Crippen LogP contribution in [-0.2, 0) is 4.79 Å². The lowest BCUT2D eigenvalue weighted by Crippen LogP contribution is -2.36. The third-order valence-electron chi connectivity index (χ3n) is 3.17. The van der Waals surface area contributed by atoms with E-state index >= 15 is 0 Å². The van der Waals surface area contributed by atoms with Crippen LogP contribution in [0.1, 0.15) is 36.7 Å². The third-order valence-corrected chi connectivity index (χ3v) is 3.17. The highest BCUT2D eigenvalue weighted by atomic mass is 16.4. The number of carboxylic acid groups (broad SMARTS) is 1. The Labute approximate surface area is 117 Å². The van der Waals surface area contributed by atoms with Gasteiger partial charge in [-0.25, -0.2) is 0 Å². The maximum atomic E-state index is 12.1. The van der Waals surface area contributed by atoms with E-state index in [0.29, 0.717) is 12.1 Å². The van der Waals surface area contributed by atoms with Crippen molar-refractivity contribution in [3.8, 4) is 0 Å². The Hall–Kier alpha value is -2.30. The lowest BCUT2D eigenvalue weighted by molar-refractivity contribution is -0.137. The van der Waals surface area contributed by atoms with E-state index in [1.54, 1.807) is 6.07 Å². The molecule has 0 radical (unpaired) electrons. The Bertz CT molecular complexity index is 585. The standard InChI is InChI=1S/C15H18N2O3/c1-2-5-11(9-14(18)19)16-15(20)13-8-10-6-3-4-7-12(10)17-13/h3-4,6-8,11,17H,2,5,9H2,1H3,(H,16,20)(H,18,19). The minimum Gasteiger partial charge on any atom is -0.481 e. The number of amides is 1. The summed E-state index contributed by atoms with van der Waals surface area (Å²) in [6.45, 7) is 1.96. The Morgan fingerprint density at radius 3 is 2.75 bits per heavy atom. The second kappa shape index (κ2) is 6.23. The number of hydrogen-bond donors (Lipinski definition) is 3. The van der Waals surface area contributed by atoms with Gasteiger partial charge in [-0.2, -0.15) is 0 Å². The highest BCUT2D eigenvalue weighted by molar-refractivity contribution is 5.98. The summed E-state index contributed by atoms with van der Waals surface area (Å²) in [5.41, 5.74) is 1.35. The van der Waals surface area contributed by atoms with E-state index in [2.05, 4.69) is 10.3 Å². The number of carboxylic acids is 1. The molecular weight excluding hydrogens is 256 g/mol. The summed E-state index contributed by atoms with van der Waals surface area (Å²) in [5, 5.41) is 12.6. The quantitative estimate of drug-likeness (QED) is 0.757. The van der Waals surface area contributed by atoms with E-state index in [1.807, 2.05) is 31.2 Å². The lowest BCUT2D eigenvalue weighted by atomic mass is 10.1. The van der Waals surface area contributed by atoms with E-state index in [1.165, 1.54) is 0 Å². The van der Waals surface area contributed by atoms with Crippen molar-refractivity contribution in [2.75, 3.05) is 0 Å². The van der Waals surface area contributed by atoms with Gasteiger partial charge >= 0.3 is 5.97 Å². The van der Waals surface area contributed by atoms with Crippen molar-refractivity contribution in [3.05, 3.63) is 36.0 Å². The van der Waals surface area contributed by atoms with Gasteiger partial charge in [0.25, 0.3) is 5.91 Å². The molecule has 2 rings (SSSR count). The summed E-state index contributed by atoms with van der Waals surface area (Å²) in [5.74, 6) is -1.17. The highest BCUT2D eigenvalue weighted by Gasteiger charge is 2.17. The fourth-order valence-corrected chi connectivity index (χ4v) is 2.24. The molecule has 1 aromatic carbocycles. The summed E-state index contributed by atoms with van der Waals surface area (Å²) in [4.78, 5) is 26.0. The number of rotatable bonds is 6. The average molecular weight is 274 g/mol. The second-order valence-corrected chi connectivity index (χ2v) is 4.83. The van der Waals surface area contributed by atoms with Crippen molar-refractivity contribution in [2.24, 2.45) is 0 Å². The number of nitrogens with one attached hydrogen (secondary N) is 2. The summed E-state index contributed by atoms with van der Waals surface area (Å²) in [7, 11) is 0. The van der Waals surface area contributed by atoms with Gasteiger partial charge in [0, 0.05) is 16.9 Å². The van der Waals surface area contributed by atoms with Crippen LogP contribution in [0.25, 0.3) is 10.9 Å². The van der Waals surface area contributed by atoms with E-state index in [4.69, 9.17) is 5.11 Å². The number of hydrogen-bond acceptors (Lipinski definition) is 2. The maximum Gasteiger partial charge on any atom is 0.305 e. The Morgan fingerprint density at radius 1 is 1.35 bits per heavy atom. The third kappa shape index (κ3) is 3.38. The number of fused-ring (bicyclic) bond motifs is 1. The lowest BCUT2D eigenvalue weighted by Gasteiger charge is -2.15. The predicted molar refractivity (Wildman–Crippen MR) is 76.7 cm³/mol. The summed E-state index contributed by atoms with van der Waals surface area (Å²) in [6.07, 6.45) is 1.42. The molecule has 20 heavy (non-hydrogen) atoms. The molecule has 2 aromatic rings. The van der Waals surface area contributed by atoms with Crippen LogP contribution in [0.15, 0.2) is 30.3 Å². The van der Waals surface area contributed by atoms with Crippen molar-refractivity contribution in [1.82, 2.24) is 10.3 Å². The van der Waals surface area contributed by atoms with Crippen LogP contribution in [0.4, 0.5) is 0 Å². The zero-order chi connectivity index (χ0) is 14.5. The number of benzene rings is 1. The zero-order valence-corrected chi connectivity index (χ0v) is 11.3. The number of para-hydroxylation sites is 1. The van der Waals surface area contributed by atoms with Gasteiger partial charge in [-0.15, -0.1) is 0 Å². The second-order valence-electron chi connectivity index (χ2n) is 4.83. The average Bonchev–Trinajstić information content (AvgIpc) is 2.82. The molecule has 5 nitrogen and oxygen atoms in total. The predicted octanol–water partition coefficient (Wildman–Crippen LogP) is 2.54. The summed E-state index contributed by atoms with van der Waals surface area (Å²) in [6, 6.07) is 9.05. The largest absolute Gasteiger partial charge is 0.481 e. The van der Waals surface area contributed by atoms with Crippen LogP contribution < -0.4 is 5.32 Å². The van der Waals surface area contributed by atoms with Gasteiger partial charge in [0.1, 0.15) is 5.69 Å². The van der Waals surface area contributed by atoms with Gasteiger partial charge in [0.05, 0.1) is 6.42 Å². The Morgan fingerprint density at radius 2 is 2.10 bits per heavy atom.